The van der Waals surface area contributed by atoms with E-state index in [1.165, 1.54) is 0 Å². The van der Waals surface area contributed by atoms with Crippen LogP contribution in [0, 0.1) is 11.3 Å². The molecule has 0 saturated heterocycles. The molecule has 4 nitrogen and oxygen atoms in total. The summed E-state index contributed by atoms with van der Waals surface area (Å²) in [5, 5.41) is 3.02. The predicted molar refractivity (Wildman–Crippen MR) is 70.7 cm³/mol. The van der Waals surface area contributed by atoms with Gasteiger partial charge in [-0.05, 0) is 39.7 Å². The summed E-state index contributed by atoms with van der Waals surface area (Å²) in [6.45, 7) is 8.55. The van der Waals surface area contributed by atoms with Crippen LogP contribution in [-0.2, 0) is 4.79 Å². The van der Waals surface area contributed by atoms with Crippen LogP contribution in [0.1, 0.15) is 33.6 Å². The van der Waals surface area contributed by atoms with E-state index in [2.05, 4.69) is 38.0 Å². The average Bonchev–Trinajstić information content (AvgIpc) is 2.23. The van der Waals surface area contributed by atoms with Crippen molar-refractivity contribution >= 4 is 5.91 Å². The van der Waals surface area contributed by atoms with Crippen LogP contribution in [0.3, 0.4) is 0 Å². The van der Waals surface area contributed by atoms with E-state index in [4.69, 9.17) is 5.73 Å². The first-order valence-electron chi connectivity index (χ1n) is 6.60. The van der Waals surface area contributed by atoms with Gasteiger partial charge in [0, 0.05) is 25.7 Å². The van der Waals surface area contributed by atoms with Gasteiger partial charge in [0.25, 0.3) is 0 Å². The van der Waals surface area contributed by atoms with Crippen LogP contribution in [0.25, 0.3) is 0 Å². The van der Waals surface area contributed by atoms with Crippen molar-refractivity contribution < 1.29 is 4.79 Å². The molecule has 0 aromatic rings. The van der Waals surface area contributed by atoms with Crippen LogP contribution in [0.4, 0.5) is 0 Å². The molecule has 0 aliphatic heterocycles. The van der Waals surface area contributed by atoms with Gasteiger partial charge >= 0.3 is 0 Å². The molecule has 0 bridgehead atoms. The highest BCUT2D eigenvalue weighted by Crippen LogP contribution is 2.44. The molecule has 0 atom stereocenters. The molecule has 1 aliphatic rings. The van der Waals surface area contributed by atoms with Crippen molar-refractivity contribution in [3.05, 3.63) is 0 Å². The highest BCUT2D eigenvalue weighted by atomic mass is 16.2. The van der Waals surface area contributed by atoms with Gasteiger partial charge in [0.15, 0.2) is 0 Å². The van der Waals surface area contributed by atoms with Crippen LogP contribution in [0.2, 0.25) is 0 Å². The number of nitrogens with zero attached hydrogens (tertiary/aromatic N) is 1. The molecule has 0 aromatic carbocycles. The molecular weight excluding hydrogens is 214 g/mol. The average molecular weight is 241 g/mol. The summed E-state index contributed by atoms with van der Waals surface area (Å²) in [4.78, 5) is 14.3. The van der Waals surface area contributed by atoms with Crippen molar-refractivity contribution in [3.63, 3.8) is 0 Å². The maximum Gasteiger partial charge on any atom is 0.227 e. The smallest absolute Gasteiger partial charge is 0.227 e. The second-order valence-corrected chi connectivity index (χ2v) is 5.83. The first-order chi connectivity index (χ1) is 7.91. The van der Waals surface area contributed by atoms with Gasteiger partial charge in [0.2, 0.25) is 5.91 Å². The van der Waals surface area contributed by atoms with Crippen LogP contribution < -0.4 is 11.1 Å². The molecule has 100 valence electrons. The SMILES string of the molecule is CC1CC(CN)(C(=O)NCCN(C)C(C)C)C1. The molecule has 1 saturated carbocycles. The lowest BCUT2D eigenvalue weighted by atomic mass is 9.62. The minimum absolute atomic E-state index is 0.148. The summed E-state index contributed by atoms with van der Waals surface area (Å²) in [7, 11) is 2.07. The van der Waals surface area contributed by atoms with E-state index in [-0.39, 0.29) is 11.3 Å². The van der Waals surface area contributed by atoms with Gasteiger partial charge in [0.1, 0.15) is 0 Å². The lowest BCUT2D eigenvalue weighted by Crippen LogP contribution is -2.54. The molecule has 0 aromatic heterocycles. The first kappa shape index (κ1) is 14.5. The predicted octanol–water partition coefficient (Wildman–Crippen LogP) is 0.818. The number of hydrogen-bond donors (Lipinski definition) is 2. The second-order valence-electron chi connectivity index (χ2n) is 5.83. The minimum Gasteiger partial charge on any atom is -0.354 e. The van der Waals surface area contributed by atoms with E-state index < -0.39 is 0 Å². The third-order valence-corrected chi connectivity index (χ3v) is 3.98. The molecule has 17 heavy (non-hydrogen) atoms. The summed E-state index contributed by atoms with van der Waals surface area (Å²) in [6, 6.07) is 0.513. The van der Waals surface area contributed by atoms with Crippen LogP contribution in [-0.4, -0.2) is 43.5 Å². The van der Waals surface area contributed by atoms with Gasteiger partial charge in [-0.3, -0.25) is 4.79 Å². The standard InChI is InChI=1S/C13H27N3O/c1-10(2)16(4)6-5-15-12(17)13(9-14)7-11(3)8-13/h10-11H,5-9,14H2,1-4H3,(H,15,17). The van der Waals surface area contributed by atoms with E-state index in [1.54, 1.807) is 0 Å². The van der Waals surface area contributed by atoms with Crippen molar-refractivity contribution in [1.29, 1.82) is 0 Å². The number of nitrogens with two attached hydrogens (primary N) is 1. The number of carbonyl (C=O) groups excluding carboxylic acids is 1. The molecule has 1 rings (SSSR count). The number of amides is 1. The van der Waals surface area contributed by atoms with Gasteiger partial charge in [0.05, 0.1) is 5.41 Å². The molecule has 4 heteroatoms. The fourth-order valence-corrected chi connectivity index (χ4v) is 2.51. The lowest BCUT2D eigenvalue weighted by molar-refractivity contribution is -0.138. The highest BCUT2D eigenvalue weighted by molar-refractivity contribution is 5.83. The third-order valence-electron chi connectivity index (χ3n) is 3.98. The van der Waals surface area contributed by atoms with Crippen molar-refractivity contribution in [2.75, 3.05) is 26.7 Å². The van der Waals surface area contributed by atoms with Crippen molar-refractivity contribution in [2.45, 2.75) is 39.7 Å². The Labute approximate surface area is 105 Å². The number of hydrogen-bond acceptors (Lipinski definition) is 3. The summed E-state index contributed by atoms with van der Waals surface area (Å²) < 4.78 is 0. The van der Waals surface area contributed by atoms with Crippen LogP contribution in [0.15, 0.2) is 0 Å². The highest BCUT2D eigenvalue weighted by Gasteiger charge is 2.46. The second kappa shape index (κ2) is 5.83. The van der Waals surface area contributed by atoms with E-state index in [0.29, 0.717) is 25.0 Å². The van der Waals surface area contributed by atoms with Crippen molar-refractivity contribution in [3.8, 4) is 0 Å². The molecule has 0 radical (unpaired) electrons. The molecule has 0 unspecified atom stereocenters. The summed E-state index contributed by atoms with van der Waals surface area (Å²) in [5.74, 6) is 0.790. The Morgan fingerprint density at radius 2 is 2.12 bits per heavy atom. The van der Waals surface area contributed by atoms with Gasteiger partial charge < -0.3 is 16.0 Å². The largest absolute Gasteiger partial charge is 0.354 e. The first-order valence-corrected chi connectivity index (χ1v) is 6.60. The Balaban J connectivity index is 2.30. The van der Waals surface area contributed by atoms with Crippen molar-refractivity contribution in [1.82, 2.24) is 10.2 Å². The Morgan fingerprint density at radius 1 is 1.53 bits per heavy atom. The molecule has 0 spiro atoms. The summed E-state index contributed by atoms with van der Waals surface area (Å²) in [5.41, 5.74) is 5.47. The Hall–Kier alpha value is -0.610. The summed E-state index contributed by atoms with van der Waals surface area (Å²) >= 11 is 0. The maximum absolute atomic E-state index is 12.1. The molecule has 3 N–H and O–H groups in total. The van der Waals surface area contributed by atoms with E-state index in [1.807, 2.05) is 0 Å². The Kier molecular flexibility index (Phi) is 4.95. The summed E-state index contributed by atoms with van der Waals surface area (Å²) in [6.07, 6.45) is 1.88. The van der Waals surface area contributed by atoms with E-state index in [9.17, 15) is 4.79 Å². The van der Waals surface area contributed by atoms with E-state index in [0.717, 1.165) is 19.4 Å². The molecular formula is C13H27N3O. The quantitative estimate of drug-likeness (QED) is 0.724. The Morgan fingerprint density at radius 3 is 2.53 bits per heavy atom. The fourth-order valence-electron chi connectivity index (χ4n) is 2.51. The number of rotatable bonds is 6. The maximum atomic E-state index is 12.1. The molecule has 0 heterocycles. The third kappa shape index (κ3) is 3.42. The monoisotopic (exact) mass is 241 g/mol. The fraction of sp³-hybridized carbons (Fsp3) is 0.923. The van der Waals surface area contributed by atoms with E-state index >= 15 is 0 Å². The molecule has 1 fully saturated rings. The van der Waals surface area contributed by atoms with Gasteiger partial charge in [-0.2, -0.15) is 0 Å². The zero-order valence-electron chi connectivity index (χ0n) is 11.6. The van der Waals surface area contributed by atoms with Crippen LogP contribution >= 0.6 is 0 Å². The number of carbonyl (C=O) groups is 1. The molecule has 1 amide bonds. The van der Waals surface area contributed by atoms with Gasteiger partial charge in [-0.25, -0.2) is 0 Å². The zero-order chi connectivity index (χ0) is 13.1. The normalized spacial score (nSPS) is 28.3. The number of nitrogens with one attached hydrogen (secondary N) is 1. The number of likely N-dealkylation sites (N-methyl/N-ethyl adjacent to an activating group) is 1. The Bertz CT molecular complexity index is 259. The van der Waals surface area contributed by atoms with Crippen molar-refractivity contribution in [2.24, 2.45) is 17.1 Å². The minimum atomic E-state index is -0.268. The topological polar surface area (TPSA) is 58.4 Å². The van der Waals surface area contributed by atoms with Gasteiger partial charge in [-0.1, -0.05) is 6.92 Å². The van der Waals surface area contributed by atoms with Gasteiger partial charge in [-0.15, -0.1) is 0 Å². The zero-order valence-corrected chi connectivity index (χ0v) is 11.6. The molecule has 1 aliphatic carbocycles. The lowest BCUT2D eigenvalue weighted by Gasteiger charge is -2.44. The van der Waals surface area contributed by atoms with Crippen LogP contribution in [0.5, 0.6) is 0 Å².